The van der Waals surface area contributed by atoms with Gasteiger partial charge in [-0.1, -0.05) is 29.8 Å². The monoisotopic (exact) mass is 208 g/mol. The molecule has 0 radical (unpaired) electrons. The number of benzene rings is 1. The maximum Gasteiger partial charge on any atom is 0.0441 e. The molecule has 0 unspecified atom stereocenters. The first-order valence-electron chi connectivity index (χ1n) is 4.08. The average molecular weight is 209 g/mol. The molecule has 0 aliphatic heterocycles. The van der Waals surface area contributed by atoms with E-state index in [1.165, 1.54) is 10.4 Å². The van der Waals surface area contributed by atoms with Crippen LogP contribution < -0.4 is 0 Å². The highest BCUT2D eigenvalue weighted by atomic mass is 35.5. The lowest BCUT2D eigenvalue weighted by Gasteiger charge is -2.03. The van der Waals surface area contributed by atoms with E-state index in [0.717, 1.165) is 10.6 Å². The van der Waals surface area contributed by atoms with Gasteiger partial charge in [-0.2, -0.15) is 0 Å². The van der Waals surface area contributed by atoms with Gasteiger partial charge in [0.15, 0.2) is 0 Å². The van der Waals surface area contributed by atoms with E-state index in [0.29, 0.717) is 0 Å². The summed E-state index contributed by atoms with van der Waals surface area (Å²) in [5, 5.41) is 2.92. The lowest BCUT2D eigenvalue weighted by Crippen LogP contribution is -1.80. The zero-order chi connectivity index (χ0) is 9.26. The van der Waals surface area contributed by atoms with Crippen LogP contribution in [0, 0.1) is 6.92 Å². The van der Waals surface area contributed by atoms with E-state index in [-0.39, 0.29) is 0 Å². The van der Waals surface area contributed by atoms with E-state index in [1.807, 2.05) is 12.1 Å². The van der Waals surface area contributed by atoms with Gasteiger partial charge < -0.3 is 0 Å². The number of thiophene rings is 1. The molecule has 0 spiro atoms. The lowest BCUT2D eigenvalue weighted by molar-refractivity contribution is 1.48. The van der Waals surface area contributed by atoms with Crippen LogP contribution in [0.5, 0.6) is 0 Å². The third-order valence-corrected chi connectivity index (χ3v) is 3.37. The fraction of sp³-hybridized carbons (Fsp3) is 0.0909. The molecule has 0 saturated carbocycles. The highest BCUT2D eigenvalue weighted by Crippen LogP contribution is 2.31. The Morgan fingerprint density at radius 2 is 2.00 bits per heavy atom. The minimum atomic E-state index is 0.839. The number of halogens is 1. The Morgan fingerprint density at radius 1 is 1.15 bits per heavy atom. The SMILES string of the molecule is Cc1c(Cl)cccc1-c1cccs1. The maximum atomic E-state index is 6.04. The molecular weight excluding hydrogens is 200 g/mol. The quantitative estimate of drug-likeness (QED) is 0.653. The van der Waals surface area contributed by atoms with E-state index in [4.69, 9.17) is 11.6 Å². The molecule has 0 saturated heterocycles. The van der Waals surface area contributed by atoms with Crippen LogP contribution in [-0.4, -0.2) is 0 Å². The van der Waals surface area contributed by atoms with Crippen molar-refractivity contribution in [2.45, 2.75) is 6.92 Å². The maximum absolute atomic E-state index is 6.04. The third kappa shape index (κ3) is 1.62. The lowest BCUT2D eigenvalue weighted by atomic mass is 10.1. The van der Waals surface area contributed by atoms with Gasteiger partial charge in [-0.05, 0) is 35.6 Å². The Morgan fingerprint density at radius 3 is 2.69 bits per heavy atom. The van der Waals surface area contributed by atoms with E-state index in [9.17, 15) is 0 Å². The van der Waals surface area contributed by atoms with Gasteiger partial charge in [0.1, 0.15) is 0 Å². The first kappa shape index (κ1) is 8.79. The molecule has 0 N–H and O–H groups in total. The standard InChI is InChI=1S/C11H9ClS/c1-8-9(4-2-5-10(8)12)11-6-3-7-13-11/h2-7H,1H3. The molecule has 1 heterocycles. The normalized spacial score (nSPS) is 10.3. The molecule has 66 valence electrons. The predicted molar refractivity (Wildman–Crippen MR) is 59.5 cm³/mol. The molecule has 2 rings (SSSR count). The molecule has 1 aromatic heterocycles. The van der Waals surface area contributed by atoms with Gasteiger partial charge in [0.25, 0.3) is 0 Å². The first-order valence-corrected chi connectivity index (χ1v) is 5.34. The van der Waals surface area contributed by atoms with Crippen molar-refractivity contribution in [3.63, 3.8) is 0 Å². The largest absolute Gasteiger partial charge is 0.144 e. The minimum Gasteiger partial charge on any atom is -0.144 e. The van der Waals surface area contributed by atoms with Gasteiger partial charge in [-0.15, -0.1) is 11.3 Å². The van der Waals surface area contributed by atoms with E-state index in [1.54, 1.807) is 11.3 Å². The molecule has 13 heavy (non-hydrogen) atoms. The van der Waals surface area contributed by atoms with Crippen LogP contribution in [0.15, 0.2) is 35.7 Å². The Bertz CT molecular complexity index is 404. The van der Waals surface area contributed by atoms with Crippen LogP contribution in [0.4, 0.5) is 0 Å². The number of hydrogen-bond donors (Lipinski definition) is 0. The fourth-order valence-electron chi connectivity index (χ4n) is 1.31. The van der Waals surface area contributed by atoms with Crippen LogP contribution in [0.25, 0.3) is 10.4 Å². The van der Waals surface area contributed by atoms with Crippen LogP contribution >= 0.6 is 22.9 Å². The zero-order valence-corrected chi connectivity index (χ0v) is 8.82. The minimum absolute atomic E-state index is 0.839. The molecule has 0 aliphatic carbocycles. The van der Waals surface area contributed by atoms with Crippen molar-refractivity contribution >= 4 is 22.9 Å². The summed E-state index contributed by atoms with van der Waals surface area (Å²) in [5.41, 5.74) is 2.40. The highest BCUT2D eigenvalue weighted by Gasteiger charge is 2.04. The van der Waals surface area contributed by atoms with E-state index >= 15 is 0 Å². The Hall–Kier alpha value is -0.790. The molecule has 2 aromatic rings. The van der Waals surface area contributed by atoms with Gasteiger partial charge in [-0.3, -0.25) is 0 Å². The van der Waals surface area contributed by atoms with Gasteiger partial charge in [0.05, 0.1) is 0 Å². The van der Waals surface area contributed by atoms with Crippen molar-refractivity contribution in [1.29, 1.82) is 0 Å². The van der Waals surface area contributed by atoms with Gasteiger partial charge >= 0.3 is 0 Å². The summed E-state index contributed by atoms with van der Waals surface area (Å²) in [6.45, 7) is 2.05. The topological polar surface area (TPSA) is 0 Å². The second-order valence-electron chi connectivity index (χ2n) is 2.89. The Balaban J connectivity index is 2.59. The summed E-state index contributed by atoms with van der Waals surface area (Å²) >= 11 is 7.78. The second-order valence-corrected chi connectivity index (χ2v) is 4.24. The van der Waals surface area contributed by atoms with Crippen molar-refractivity contribution in [3.05, 3.63) is 46.3 Å². The van der Waals surface area contributed by atoms with Crippen LogP contribution in [-0.2, 0) is 0 Å². The molecular formula is C11H9ClS. The summed E-state index contributed by atoms with van der Waals surface area (Å²) in [6.07, 6.45) is 0. The van der Waals surface area contributed by atoms with E-state index in [2.05, 4.69) is 30.5 Å². The van der Waals surface area contributed by atoms with Crippen molar-refractivity contribution in [2.24, 2.45) is 0 Å². The smallest absolute Gasteiger partial charge is 0.0441 e. The Kier molecular flexibility index (Phi) is 2.38. The summed E-state index contributed by atoms with van der Waals surface area (Å²) in [5.74, 6) is 0. The van der Waals surface area contributed by atoms with Gasteiger partial charge in [0.2, 0.25) is 0 Å². The van der Waals surface area contributed by atoms with Crippen molar-refractivity contribution in [3.8, 4) is 10.4 Å². The van der Waals surface area contributed by atoms with Crippen molar-refractivity contribution in [2.75, 3.05) is 0 Å². The molecule has 0 bridgehead atoms. The van der Waals surface area contributed by atoms with Gasteiger partial charge in [0, 0.05) is 9.90 Å². The van der Waals surface area contributed by atoms with Crippen LogP contribution in [0.2, 0.25) is 5.02 Å². The average Bonchev–Trinajstić information content (AvgIpc) is 2.62. The number of rotatable bonds is 1. The summed E-state index contributed by atoms with van der Waals surface area (Å²) in [7, 11) is 0. The highest BCUT2D eigenvalue weighted by molar-refractivity contribution is 7.13. The summed E-state index contributed by atoms with van der Waals surface area (Å²) in [4.78, 5) is 1.28. The molecule has 0 atom stereocenters. The van der Waals surface area contributed by atoms with Crippen molar-refractivity contribution < 1.29 is 0 Å². The molecule has 2 heteroatoms. The summed E-state index contributed by atoms with van der Waals surface area (Å²) < 4.78 is 0. The summed E-state index contributed by atoms with van der Waals surface area (Å²) in [6, 6.07) is 10.2. The number of hydrogen-bond acceptors (Lipinski definition) is 1. The second kappa shape index (κ2) is 3.52. The van der Waals surface area contributed by atoms with Crippen LogP contribution in [0.3, 0.4) is 0 Å². The van der Waals surface area contributed by atoms with Crippen molar-refractivity contribution in [1.82, 2.24) is 0 Å². The third-order valence-electron chi connectivity index (χ3n) is 2.05. The Labute approximate surface area is 86.8 Å². The molecule has 1 aromatic carbocycles. The fourth-order valence-corrected chi connectivity index (χ4v) is 2.29. The van der Waals surface area contributed by atoms with Gasteiger partial charge in [-0.25, -0.2) is 0 Å². The molecule has 0 aliphatic rings. The predicted octanol–water partition coefficient (Wildman–Crippen LogP) is 4.38. The molecule has 0 amide bonds. The van der Waals surface area contributed by atoms with Crippen LogP contribution in [0.1, 0.15) is 5.56 Å². The first-order chi connectivity index (χ1) is 6.29. The zero-order valence-electron chi connectivity index (χ0n) is 7.25. The molecule has 0 nitrogen and oxygen atoms in total. The van der Waals surface area contributed by atoms with E-state index < -0.39 is 0 Å². The molecule has 0 fully saturated rings.